The molecule has 126 valence electrons. The number of fused-ring (bicyclic) bond motifs is 1. The summed E-state index contributed by atoms with van der Waals surface area (Å²) in [5.74, 6) is -0.768. The molecule has 2 aromatic rings. The van der Waals surface area contributed by atoms with Crippen molar-refractivity contribution >= 4 is 31.0 Å². The lowest BCUT2D eigenvalue weighted by atomic mass is 10.3. The first-order chi connectivity index (χ1) is 10.7. The van der Waals surface area contributed by atoms with Gasteiger partial charge in [-0.2, -0.15) is 0 Å². The molecule has 23 heavy (non-hydrogen) atoms. The minimum absolute atomic E-state index is 0.0204. The quantitative estimate of drug-likeness (QED) is 0.825. The first-order valence-electron chi connectivity index (χ1n) is 7.08. The lowest BCUT2D eigenvalue weighted by molar-refractivity contribution is 0.512. The number of sulfone groups is 1. The van der Waals surface area contributed by atoms with Gasteiger partial charge in [0.05, 0.1) is 21.9 Å². The highest BCUT2D eigenvalue weighted by Crippen LogP contribution is 2.20. The number of benzene rings is 1. The fourth-order valence-electron chi connectivity index (χ4n) is 2.69. The second kappa shape index (κ2) is 5.46. The molecule has 0 saturated carbocycles. The van der Waals surface area contributed by atoms with Gasteiger partial charge >= 0.3 is 5.76 Å². The third-order valence-electron chi connectivity index (χ3n) is 3.82. The molecule has 0 amide bonds. The Kier molecular flexibility index (Phi) is 3.85. The van der Waals surface area contributed by atoms with Gasteiger partial charge in [-0.25, -0.2) is 26.4 Å². The Labute approximate surface area is 133 Å². The van der Waals surface area contributed by atoms with E-state index in [1.165, 1.54) is 22.8 Å². The summed E-state index contributed by atoms with van der Waals surface area (Å²) in [6.45, 7) is 2.19. The number of aryl methyl sites for hydroxylation is 1. The van der Waals surface area contributed by atoms with Gasteiger partial charge in [-0.3, -0.25) is 4.57 Å². The van der Waals surface area contributed by atoms with Crippen molar-refractivity contribution in [3.05, 3.63) is 28.7 Å². The molecule has 0 bridgehead atoms. The van der Waals surface area contributed by atoms with Crippen LogP contribution in [0.15, 0.2) is 32.3 Å². The maximum Gasteiger partial charge on any atom is 0.419 e. The van der Waals surface area contributed by atoms with Crippen LogP contribution < -0.4 is 10.5 Å². The number of rotatable bonds is 4. The van der Waals surface area contributed by atoms with Crippen LogP contribution in [0.1, 0.15) is 13.3 Å². The summed E-state index contributed by atoms with van der Waals surface area (Å²) < 4.78 is 56.4. The van der Waals surface area contributed by atoms with Crippen LogP contribution in [0, 0.1) is 0 Å². The maximum absolute atomic E-state index is 12.4. The average Bonchev–Trinajstić information content (AvgIpc) is 2.95. The molecule has 1 saturated heterocycles. The predicted octanol–water partition coefficient (Wildman–Crippen LogP) is 0.0798. The molecule has 1 unspecified atom stereocenters. The van der Waals surface area contributed by atoms with Crippen molar-refractivity contribution in [1.29, 1.82) is 0 Å². The summed E-state index contributed by atoms with van der Waals surface area (Å²) in [4.78, 5) is 11.6. The topological polar surface area (TPSA) is 115 Å². The van der Waals surface area contributed by atoms with E-state index in [1.807, 2.05) is 0 Å². The van der Waals surface area contributed by atoms with E-state index >= 15 is 0 Å². The molecule has 1 N–H and O–H groups in total. The number of oxazole rings is 1. The summed E-state index contributed by atoms with van der Waals surface area (Å²) in [5.41, 5.74) is 0.693. The van der Waals surface area contributed by atoms with Crippen molar-refractivity contribution in [2.45, 2.75) is 30.8 Å². The van der Waals surface area contributed by atoms with E-state index in [4.69, 9.17) is 4.42 Å². The maximum atomic E-state index is 12.4. The Morgan fingerprint density at radius 1 is 1.39 bits per heavy atom. The fourth-order valence-corrected chi connectivity index (χ4v) is 5.75. The Hall–Kier alpha value is -1.65. The van der Waals surface area contributed by atoms with Crippen LogP contribution >= 0.6 is 0 Å². The van der Waals surface area contributed by atoms with Gasteiger partial charge in [-0.1, -0.05) is 0 Å². The molecule has 10 heteroatoms. The minimum atomic E-state index is -3.88. The fraction of sp³-hybridized carbons (Fsp3) is 0.462. The number of hydrogen-bond acceptors (Lipinski definition) is 6. The van der Waals surface area contributed by atoms with Crippen molar-refractivity contribution in [1.82, 2.24) is 9.29 Å². The van der Waals surface area contributed by atoms with Crippen LogP contribution in [-0.2, 0) is 26.4 Å². The molecule has 0 aliphatic carbocycles. The molecule has 1 aliphatic rings. The van der Waals surface area contributed by atoms with Crippen LogP contribution in [0.25, 0.3) is 11.1 Å². The van der Waals surface area contributed by atoms with Crippen molar-refractivity contribution < 1.29 is 21.3 Å². The second-order valence-corrected chi connectivity index (χ2v) is 9.41. The molecule has 0 radical (unpaired) electrons. The zero-order valence-corrected chi connectivity index (χ0v) is 14.0. The largest absolute Gasteiger partial charge is 0.419 e. The van der Waals surface area contributed by atoms with Gasteiger partial charge < -0.3 is 4.42 Å². The summed E-state index contributed by atoms with van der Waals surface area (Å²) in [6, 6.07) is 3.51. The Morgan fingerprint density at radius 2 is 2.13 bits per heavy atom. The molecule has 1 aliphatic heterocycles. The van der Waals surface area contributed by atoms with E-state index in [0.717, 1.165) is 0 Å². The highest BCUT2D eigenvalue weighted by Gasteiger charge is 2.31. The van der Waals surface area contributed by atoms with Gasteiger partial charge in [0.2, 0.25) is 10.0 Å². The van der Waals surface area contributed by atoms with Gasteiger partial charge in [0.25, 0.3) is 0 Å². The van der Waals surface area contributed by atoms with E-state index < -0.39 is 31.7 Å². The van der Waals surface area contributed by atoms with E-state index in [-0.39, 0.29) is 28.4 Å². The first-order valence-corrected chi connectivity index (χ1v) is 10.4. The Morgan fingerprint density at radius 3 is 2.74 bits per heavy atom. The average molecular weight is 360 g/mol. The number of hydrogen-bond donors (Lipinski definition) is 1. The lowest BCUT2D eigenvalue weighted by Crippen LogP contribution is -2.35. The van der Waals surface area contributed by atoms with Gasteiger partial charge in [-0.05, 0) is 25.5 Å². The number of nitrogens with zero attached hydrogens (tertiary/aromatic N) is 1. The van der Waals surface area contributed by atoms with Crippen LogP contribution in [0.5, 0.6) is 0 Å². The van der Waals surface area contributed by atoms with Gasteiger partial charge in [0, 0.05) is 18.7 Å². The monoisotopic (exact) mass is 360 g/mol. The molecule has 1 aromatic carbocycles. The van der Waals surface area contributed by atoms with Gasteiger partial charge in [-0.15, -0.1) is 0 Å². The highest BCUT2D eigenvalue weighted by molar-refractivity contribution is 7.92. The van der Waals surface area contributed by atoms with Crippen LogP contribution in [0.2, 0.25) is 0 Å². The first kappa shape index (κ1) is 16.2. The summed E-state index contributed by atoms with van der Waals surface area (Å²) in [5, 5.41) is 0. The molecule has 1 fully saturated rings. The van der Waals surface area contributed by atoms with E-state index in [2.05, 4.69) is 4.72 Å². The SMILES string of the molecule is CCn1c(=O)oc2cc(S(=O)(=O)NC3CCS(=O)(=O)C3)ccc21. The van der Waals surface area contributed by atoms with E-state index in [0.29, 0.717) is 12.1 Å². The molecule has 0 spiro atoms. The molecule has 1 aromatic heterocycles. The normalized spacial score (nSPS) is 21.0. The van der Waals surface area contributed by atoms with Crippen molar-refractivity contribution in [2.24, 2.45) is 0 Å². The number of sulfonamides is 1. The third-order valence-corrected chi connectivity index (χ3v) is 7.11. The zero-order valence-electron chi connectivity index (χ0n) is 12.4. The van der Waals surface area contributed by atoms with Gasteiger partial charge in [0.1, 0.15) is 0 Å². The third kappa shape index (κ3) is 3.06. The Balaban J connectivity index is 1.94. The smallest absolute Gasteiger partial charge is 0.408 e. The van der Waals surface area contributed by atoms with Crippen LogP contribution in [0.4, 0.5) is 0 Å². The van der Waals surface area contributed by atoms with Crippen molar-refractivity contribution in [2.75, 3.05) is 11.5 Å². The molecule has 8 nitrogen and oxygen atoms in total. The molecular weight excluding hydrogens is 344 g/mol. The van der Waals surface area contributed by atoms with Crippen molar-refractivity contribution in [3.8, 4) is 0 Å². The van der Waals surface area contributed by atoms with Crippen LogP contribution in [-0.4, -0.2) is 39.0 Å². The van der Waals surface area contributed by atoms with E-state index in [1.54, 1.807) is 6.92 Å². The predicted molar refractivity (Wildman–Crippen MR) is 83.5 cm³/mol. The minimum Gasteiger partial charge on any atom is -0.408 e. The Bertz CT molecular complexity index is 1020. The summed E-state index contributed by atoms with van der Waals surface area (Å²) >= 11 is 0. The molecule has 1 atom stereocenters. The number of aromatic nitrogens is 1. The molecule has 2 heterocycles. The zero-order chi connectivity index (χ0) is 16.8. The van der Waals surface area contributed by atoms with Crippen molar-refractivity contribution in [3.63, 3.8) is 0 Å². The molecule has 3 rings (SSSR count). The molecular formula is C13H16N2O6S2. The number of nitrogens with one attached hydrogen (secondary N) is 1. The van der Waals surface area contributed by atoms with E-state index in [9.17, 15) is 21.6 Å². The standard InChI is InChI=1S/C13H16N2O6S2/c1-2-15-11-4-3-10(7-12(11)21-13(15)16)23(19,20)14-9-5-6-22(17,18)8-9/h3-4,7,9,14H,2,5-6,8H2,1H3. The highest BCUT2D eigenvalue weighted by atomic mass is 32.2. The second-order valence-electron chi connectivity index (χ2n) is 5.46. The van der Waals surface area contributed by atoms with Gasteiger partial charge in [0.15, 0.2) is 15.4 Å². The summed E-state index contributed by atoms with van der Waals surface area (Å²) in [6.07, 6.45) is 0.255. The summed E-state index contributed by atoms with van der Waals surface area (Å²) in [7, 11) is -7.06. The lowest BCUT2D eigenvalue weighted by Gasteiger charge is -2.11. The van der Waals surface area contributed by atoms with Crippen LogP contribution in [0.3, 0.4) is 0 Å².